The molecule has 0 fully saturated rings. The predicted molar refractivity (Wildman–Crippen MR) is 51.5 cm³/mol. The molecule has 5 nitrogen and oxygen atoms in total. The molecule has 0 saturated heterocycles. The van der Waals surface area contributed by atoms with Crippen LogP contribution in [0.1, 0.15) is 18.1 Å². The molecule has 2 unspecified atom stereocenters. The number of hydrogen-bond donors (Lipinski definition) is 3. The summed E-state index contributed by atoms with van der Waals surface area (Å²) in [6.45, 7) is 0.584. The minimum Gasteiger partial charge on any atom is -0.390 e. The van der Waals surface area contributed by atoms with Crippen LogP contribution in [0.25, 0.3) is 0 Å². The van der Waals surface area contributed by atoms with Gasteiger partial charge in [0.15, 0.2) is 0 Å². The first-order chi connectivity index (χ1) is 7.15. The molecule has 84 valence electrons. The number of rotatable bonds is 5. The van der Waals surface area contributed by atoms with Crippen LogP contribution < -0.4 is 5.32 Å². The van der Waals surface area contributed by atoms with Gasteiger partial charge in [-0.3, -0.25) is 0 Å². The van der Waals surface area contributed by atoms with E-state index in [2.05, 4.69) is 15.3 Å². The van der Waals surface area contributed by atoms with Gasteiger partial charge in [-0.25, -0.2) is 9.97 Å². The van der Waals surface area contributed by atoms with E-state index in [4.69, 9.17) is 0 Å². The SMILES string of the molecule is CNCCC(O)C(O)c1cnc(F)nc1. The number of hydrogen-bond acceptors (Lipinski definition) is 5. The van der Waals surface area contributed by atoms with Crippen molar-refractivity contribution in [3.05, 3.63) is 24.0 Å². The molecule has 0 saturated carbocycles. The lowest BCUT2D eigenvalue weighted by Gasteiger charge is -2.17. The molecular formula is C9H14FN3O2. The summed E-state index contributed by atoms with van der Waals surface area (Å²) in [5.74, 6) is 0. The van der Waals surface area contributed by atoms with Crippen LogP contribution >= 0.6 is 0 Å². The lowest BCUT2D eigenvalue weighted by atomic mass is 10.1. The molecule has 0 aliphatic rings. The Morgan fingerprint density at radius 2 is 2.00 bits per heavy atom. The van der Waals surface area contributed by atoms with Gasteiger partial charge in [0.1, 0.15) is 6.10 Å². The highest BCUT2D eigenvalue weighted by molar-refractivity contribution is 5.08. The highest BCUT2D eigenvalue weighted by atomic mass is 19.1. The topological polar surface area (TPSA) is 78.3 Å². The van der Waals surface area contributed by atoms with Crippen molar-refractivity contribution in [2.75, 3.05) is 13.6 Å². The van der Waals surface area contributed by atoms with Gasteiger partial charge in [-0.2, -0.15) is 4.39 Å². The maximum absolute atomic E-state index is 12.4. The van der Waals surface area contributed by atoms with Crippen LogP contribution in [0.2, 0.25) is 0 Å². The van der Waals surface area contributed by atoms with E-state index in [-0.39, 0.29) is 0 Å². The van der Waals surface area contributed by atoms with Crippen LogP contribution in [-0.2, 0) is 0 Å². The molecule has 0 aromatic carbocycles. The lowest BCUT2D eigenvalue weighted by molar-refractivity contribution is 0.0135. The highest BCUT2D eigenvalue weighted by Gasteiger charge is 2.18. The van der Waals surface area contributed by atoms with Crippen LogP contribution in [-0.4, -0.2) is 39.9 Å². The van der Waals surface area contributed by atoms with E-state index in [1.807, 2.05) is 0 Å². The normalized spacial score (nSPS) is 14.9. The molecule has 0 bridgehead atoms. The fourth-order valence-electron chi connectivity index (χ4n) is 1.15. The molecule has 1 aromatic rings. The fourth-order valence-corrected chi connectivity index (χ4v) is 1.15. The van der Waals surface area contributed by atoms with E-state index >= 15 is 0 Å². The van der Waals surface area contributed by atoms with Crippen molar-refractivity contribution in [1.29, 1.82) is 0 Å². The number of nitrogens with one attached hydrogen (secondary N) is 1. The molecule has 0 spiro atoms. The minimum atomic E-state index is -1.08. The second-order valence-electron chi connectivity index (χ2n) is 3.19. The van der Waals surface area contributed by atoms with Crippen molar-refractivity contribution in [1.82, 2.24) is 15.3 Å². The second-order valence-corrected chi connectivity index (χ2v) is 3.19. The number of aliphatic hydroxyl groups excluding tert-OH is 2. The van der Waals surface area contributed by atoms with E-state index in [1.54, 1.807) is 7.05 Å². The average molecular weight is 215 g/mol. The molecule has 2 atom stereocenters. The van der Waals surface area contributed by atoms with Gasteiger partial charge in [-0.05, 0) is 20.0 Å². The van der Waals surface area contributed by atoms with Crippen LogP contribution in [0, 0.1) is 6.08 Å². The number of aromatic nitrogens is 2. The summed E-state index contributed by atoms with van der Waals surface area (Å²) in [6, 6.07) is 0. The molecule has 3 N–H and O–H groups in total. The standard InChI is InChI=1S/C9H14FN3O2/c1-11-3-2-7(14)8(15)6-4-12-9(10)13-5-6/h4-5,7-8,11,14-15H,2-3H2,1H3. The summed E-state index contributed by atoms with van der Waals surface area (Å²) in [7, 11) is 1.75. The Morgan fingerprint density at radius 1 is 1.40 bits per heavy atom. The summed E-state index contributed by atoms with van der Waals surface area (Å²) in [5, 5.41) is 22.0. The summed E-state index contributed by atoms with van der Waals surface area (Å²) >= 11 is 0. The monoisotopic (exact) mass is 215 g/mol. The molecule has 0 amide bonds. The first-order valence-corrected chi connectivity index (χ1v) is 4.63. The number of nitrogens with zero attached hydrogens (tertiary/aromatic N) is 2. The molecule has 1 heterocycles. The first kappa shape index (κ1) is 12.0. The number of aliphatic hydroxyl groups is 2. The molecule has 0 aliphatic heterocycles. The smallest absolute Gasteiger partial charge is 0.308 e. The minimum absolute atomic E-state index is 0.306. The van der Waals surface area contributed by atoms with Gasteiger partial charge in [-0.15, -0.1) is 0 Å². The largest absolute Gasteiger partial charge is 0.390 e. The predicted octanol–water partition coefficient (Wildman–Crippen LogP) is -0.380. The van der Waals surface area contributed by atoms with Gasteiger partial charge in [0.2, 0.25) is 0 Å². The molecular weight excluding hydrogens is 201 g/mol. The third kappa shape index (κ3) is 3.50. The van der Waals surface area contributed by atoms with Crippen molar-refractivity contribution in [2.45, 2.75) is 18.6 Å². The summed E-state index contributed by atoms with van der Waals surface area (Å²) in [5.41, 5.74) is 0.306. The Kier molecular flexibility index (Phi) is 4.54. The Bertz CT molecular complexity index is 294. The zero-order valence-electron chi connectivity index (χ0n) is 8.39. The Morgan fingerprint density at radius 3 is 2.53 bits per heavy atom. The van der Waals surface area contributed by atoms with Crippen LogP contribution in [0.4, 0.5) is 4.39 Å². The van der Waals surface area contributed by atoms with E-state index in [1.165, 1.54) is 0 Å². The summed E-state index contributed by atoms with van der Waals surface area (Å²) < 4.78 is 12.4. The maximum atomic E-state index is 12.4. The van der Waals surface area contributed by atoms with Crippen LogP contribution in [0.15, 0.2) is 12.4 Å². The average Bonchev–Trinajstić information content (AvgIpc) is 2.26. The van der Waals surface area contributed by atoms with Gasteiger partial charge in [-0.1, -0.05) is 0 Å². The molecule has 0 radical (unpaired) electrons. The van der Waals surface area contributed by atoms with Gasteiger partial charge in [0, 0.05) is 18.0 Å². The quantitative estimate of drug-likeness (QED) is 0.583. The molecule has 15 heavy (non-hydrogen) atoms. The van der Waals surface area contributed by atoms with Gasteiger partial charge in [0.25, 0.3) is 0 Å². The Hall–Kier alpha value is -1.11. The van der Waals surface area contributed by atoms with Crippen molar-refractivity contribution < 1.29 is 14.6 Å². The first-order valence-electron chi connectivity index (χ1n) is 4.63. The summed E-state index contributed by atoms with van der Waals surface area (Å²) in [6.07, 6.45) is -0.124. The molecule has 6 heteroatoms. The summed E-state index contributed by atoms with van der Waals surface area (Å²) in [4.78, 5) is 6.60. The maximum Gasteiger partial charge on any atom is 0.308 e. The lowest BCUT2D eigenvalue weighted by Crippen LogP contribution is -2.23. The Labute approximate surface area is 87.0 Å². The van der Waals surface area contributed by atoms with Crippen LogP contribution in [0.3, 0.4) is 0 Å². The van der Waals surface area contributed by atoms with Gasteiger partial charge < -0.3 is 15.5 Å². The van der Waals surface area contributed by atoms with Crippen molar-refractivity contribution in [3.8, 4) is 0 Å². The van der Waals surface area contributed by atoms with Crippen molar-refractivity contribution >= 4 is 0 Å². The van der Waals surface area contributed by atoms with Crippen molar-refractivity contribution in [3.63, 3.8) is 0 Å². The van der Waals surface area contributed by atoms with E-state index < -0.39 is 18.3 Å². The zero-order chi connectivity index (χ0) is 11.3. The van der Waals surface area contributed by atoms with Gasteiger partial charge in [0.05, 0.1) is 6.10 Å². The molecule has 1 aromatic heterocycles. The molecule has 0 aliphatic carbocycles. The Balaban J connectivity index is 2.59. The van der Waals surface area contributed by atoms with E-state index in [0.717, 1.165) is 12.4 Å². The van der Waals surface area contributed by atoms with E-state index in [0.29, 0.717) is 18.5 Å². The molecule has 1 rings (SSSR count). The zero-order valence-corrected chi connectivity index (χ0v) is 8.39. The van der Waals surface area contributed by atoms with Crippen molar-refractivity contribution in [2.24, 2.45) is 0 Å². The number of halogens is 1. The second kappa shape index (κ2) is 5.69. The van der Waals surface area contributed by atoms with Gasteiger partial charge >= 0.3 is 6.08 Å². The van der Waals surface area contributed by atoms with E-state index in [9.17, 15) is 14.6 Å². The fraction of sp³-hybridized carbons (Fsp3) is 0.556. The highest BCUT2D eigenvalue weighted by Crippen LogP contribution is 2.16. The third-order valence-corrected chi connectivity index (χ3v) is 2.04. The third-order valence-electron chi connectivity index (χ3n) is 2.04. The van der Waals surface area contributed by atoms with Crippen LogP contribution in [0.5, 0.6) is 0 Å².